The fourth-order valence-electron chi connectivity index (χ4n) is 2.87. The minimum Gasteiger partial charge on any atom is -0.326 e. The number of benzene rings is 2. The lowest BCUT2D eigenvalue weighted by atomic mass is 10.0. The quantitative estimate of drug-likeness (QED) is 0.609. The van der Waals surface area contributed by atoms with Gasteiger partial charge in [0.1, 0.15) is 6.33 Å². The van der Waals surface area contributed by atoms with Crippen LogP contribution in [-0.2, 0) is 11.2 Å². The first-order chi connectivity index (χ1) is 13.2. The minimum absolute atomic E-state index is 0.122. The molecule has 1 N–H and O–H groups in total. The topological polar surface area (TPSA) is 83.1 Å². The normalized spacial score (nSPS) is 10.5. The SMILES string of the molecule is N#Cc1cccc(NC(=O)Cc2ccc(-c3ccn4ncnc4c3)cc2)c1. The lowest BCUT2D eigenvalue weighted by Gasteiger charge is -2.07. The number of hydrogen-bond donors (Lipinski definition) is 1. The second-order valence-electron chi connectivity index (χ2n) is 6.09. The van der Waals surface area contributed by atoms with E-state index in [4.69, 9.17) is 5.26 Å². The van der Waals surface area contributed by atoms with E-state index < -0.39 is 0 Å². The molecule has 2 aromatic carbocycles. The Bertz CT molecular complexity index is 1160. The van der Waals surface area contributed by atoms with Gasteiger partial charge < -0.3 is 5.32 Å². The number of rotatable bonds is 4. The summed E-state index contributed by atoms with van der Waals surface area (Å²) in [5.41, 5.74) is 4.93. The highest BCUT2D eigenvalue weighted by Crippen LogP contribution is 2.21. The number of aromatic nitrogens is 3. The molecule has 0 fully saturated rings. The molecule has 4 aromatic rings. The Hall–Kier alpha value is -3.98. The van der Waals surface area contributed by atoms with Crippen LogP contribution >= 0.6 is 0 Å². The number of nitriles is 1. The monoisotopic (exact) mass is 353 g/mol. The van der Waals surface area contributed by atoms with E-state index in [0.29, 0.717) is 11.3 Å². The summed E-state index contributed by atoms with van der Waals surface area (Å²) in [6, 6.07) is 20.7. The average molecular weight is 353 g/mol. The van der Waals surface area contributed by atoms with E-state index in [1.807, 2.05) is 42.6 Å². The number of hydrogen-bond acceptors (Lipinski definition) is 4. The van der Waals surface area contributed by atoms with Gasteiger partial charge in [0.05, 0.1) is 18.1 Å². The molecule has 2 aromatic heterocycles. The Morgan fingerprint density at radius 2 is 1.93 bits per heavy atom. The molecular weight excluding hydrogens is 338 g/mol. The molecule has 2 heterocycles. The maximum atomic E-state index is 12.2. The predicted molar refractivity (Wildman–Crippen MR) is 102 cm³/mol. The van der Waals surface area contributed by atoms with Crippen LogP contribution in [0.1, 0.15) is 11.1 Å². The summed E-state index contributed by atoms with van der Waals surface area (Å²) in [5.74, 6) is -0.122. The number of carbonyl (C=O) groups excluding carboxylic acids is 1. The van der Waals surface area contributed by atoms with Crippen molar-refractivity contribution in [2.24, 2.45) is 0 Å². The summed E-state index contributed by atoms with van der Waals surface area (Å²) in [6.07, 6.45) is 3.65. The van der Waals surface area contributed by atoms with Crippen molar-refractivity contribution in [1.29, 1.82) is 5.26 Å². The maximum absolute atomic E-state index is 12.2. The highest BCUT2D eigenvalue weighted by atomic mass is 16.1. The standard InChI is InChI=1S/C21H15N5O/c22-13-16-2-1-3-19(10-16)25-21(27)11-15-4-6-17(7-5-15)18-8-9-26-20(12-18)23-14-24-26/h1-10,12,14H,11H2,(H,25,27). The van der Waals surface area contributed by atoms with E-state index in [9.17, 15) is 4.79 Å². The molecule has 0 radical (unpaired) electrons. The van der Waals surface area contributed by atoms with Gasteiger partial charge in [0.2, 0.25) is 5.91 Å². The fourth-order valence-corrected chi connectivity index (χ4v) is 2.87. The van der Waals surface area contributed by atoms with Gasteiger partial charge in [-0.05, 0) is 47.0 Å². The molecule has 6 nitrogen and oxygen atoms in total. The number of nitrogens with zero attached hydrogens (tertiary/aromatic N) is 4. The van der Waals surface area contributed by atoms with Crippen LogP contribution in [0.3, 0.4) is 0 Å². The molecular formula is C21H15N5O. The number of anilines is 1. The van der Waals surface area contributed by atoms with Gasteiger partial charge in [-0.2, -0.15) is 10.4 Å². The zero-order chi connectivity index (χ0) is 18.6. The number of nitrogens with one attached hydrogen (secondary N) is 1. The molecule has 4 rings (SSSR count). The molecule has 0 aliphatic rings. The molecule has 0 aliphatic carbocycles. The third-order valence-electron chi connectivity index (χ3n) is 4.21. The summed E-state index contributed by atoms with van der Waals surface area (Å²) in [4.78, 5) is 16.4. The van der Waals surface area contributed by atoms with Crippen molar-refractivity contribution in [1.82, 2.24) is 14.6 Å². The number of fused-ring (bicyclic) bond motifs is 1. The Labute approximate surface area is 155 Å². The van der Waals surface area contributed by atoms with Gasteiger partial charge >= 0.3 is 0 Å². The first kappa shape index (κ1) is 16.5. The van der Waals surface area contributed by atoms with Crippen LogP contribution < -0.4 is 5.32 Å². The van der Waals surface area contributed by atoms with Crippen LogP contribution in [0.4, 0.5) is 5.69 Å². The molecule has 0 atom stereocenters. The van der Waals surface area contributed by atoms with Crippen LogP contribution in [0.25, 0.3) is 16.8 Å². The van der Waals surface area contributed by atoms with Crippen molar-refractivity contribution in [3.05, 3.63) is 84.3 Å². The van der Waals surface area contributed by atoms with Crippen molar-refractivity contribution in [3.63, 3.8) is 0 Å². The predicted octanol–water partition coefficient (Wildman–Crippen LogP) is 3.45. The van der Waals surface area contributed by atoms with Crippen molar-refractivity contribution in [2.75, 3.05) is 5.32 Å². The van der Waals surface area contributed by atoms with Gasteiger partial charge in [-0.3, -0.25) is 4.79 Å². The van der Waals surface area contributed by atoms with Gasteiger partial charge in [-0.1, -0.05) is 30.3 Å². The van der Waals surface area contributed by atoms with E-state index in [2.05, 4.69) is 21.5 Å². The summed E-state index contributed by atoms with van der Waals surface area (Å²) in [6.45, 7) is 0. The Morgan fingerprint density at radius 3 is 2.74 bits per heavy atom. The minimum atomic E-state index is -0.122. The highest BCUT2D eigenvalue weighted by molar-refractivity contribution is 5.92. The lowest BCUT2D eigenvalue weighted by Crippen LogP contribution is -2.14. The second-order valence-corrected chi connectivity index (χ2v) is 6.09. The summed E-state index contributed by atoms with van der Waals surface area (Å²) in [5, 5.41) is 15.8. The Kier molecular flexibility index (Phi) is 4.33. The number of amides is 1. The molecule has 0 aliphatic heterocycles. The molecule has 0 saturated heterocycles. The smallest absolute Gasteiger partial charge is 0.228 e. The fraction of sp³-hybridized carbons (Fsp3) is 0.0476. The van der Waals surface area contributed by atoms with Crippen molar-refractivity contribution >= 4 is 17.2 Å². The van der Waals surface area contributed by atoms with Crippen LogP contribution in [0, 0.1) is 11.3 Å². The summed E-state index contributed by atoms with van der Waals surface area (Å²) < 4.78 is 1.71. The Balaban J connectivity index is 1.45. The third kappa shape index (κ3) is 3.67. The van der Waals surface area contributed by atoms with E-state index >= 15 is 0 Å². The van der Waals surface area contributed by atoms with Crippen LogP contribution in [-0.4, -0.2) is 20.5 Å². The highest BCUT2D eigenvalue weighted by Gasteiger charge is 2.06. The van der Waals surface area contributed by atoms with Crippen molar-refractivity contribution in [2.45, 2.75) is 6.42 Å². The Morgan fingerprint density at radius 1 is 1.07 bits per heavy atom. The van der Waals surface area contributed by atoms with Crippen molar-refractivity contribution in [3.8, 4) is 17.2 Å². The zero-order valence-electron chi connectivity index (χ0n) is 14.3. The largest absolute Gasteiger partial charge is 0.326 e. The van der Waals surface area contributed by atoms with Crippen LogP contribution in [0.5, 0.6) is 0 Å². The molecule has 6 heteroatoms. The van der Waals surface area contributed by atoms with Gasteiger partial charge in [-0.25, -0.2) is 9.50 Å². The molecule has 0 saturated carbocycles. The van der Waals surface area contributed by atoms with E-state index in [-0.39, 0.29) is 12.3 Å². The maximum Gasteiger partial charge on any atom is 0.228 e. The molecule has 0 spiro atoms. The number of carbonyl (C=O) groups is 1. The molecule has 0 bridgehead atoms. The second kappa shape index (κ2) is 7.10. The first-order valence-electron chi connectivity index (χ1n) is 8.40. The van der Waals surface area contributed by atoms with Crippen LogP contribution in [0.15, 0.2) is 73.2 Å². The summed E-state index contributed by atoms with van der Waals surface area (Å²) in [7, 11) is 0. The molecule has 27 heavy (non-hydrogen) atoms. The summed E-state index contributed by atoms with van der Waals surface area (Å²) >= 11 is 0. The van der Waals surface area contributed by atoms with Crippen molar-refractivity contribution < 1.29 is 4.79 Å². The first-order valence-corrected chi connectivity index (χ1v) is 8.40. The van der Waals surface area contributed by atoms with E-state index in [0.717, 1.165) is 22.3 Å². The van der Waals surface area contributed by atoms with E-state index in [1.54, 1.807) is 28.8 Å². The molecule has 130 valence electrons. The number of pyridine rings is 1. The van der Waals surface area contributed by atoms with Gasteiger partial charge in [0, 0.05) is 11.9 Å². The third-order valence-corrected chi connectivity index (χ3v) is 4.21. The molecule has 1 amide bonds. The van der Waals surface area contributed by atoms with Gasteiger partial charge in [0.15, 0.2) is 5.65 Å². The van der Waals surface area contributed by atoms with E-state index in [1.165, 1.54) is 6.33 Å². The molecule has 0 unspecified atom stereocenters. The van der Waals surface area contributed by atoms with Gasteiger partial charge in [-0.15, -0.1) is 0 Å². The lowest BCUT2D eigenvalue weighted by molar-refractivity contribution is -0.115. The van der Waals surface area contributed by atoms with Crippen LogP contribution in [0.2, 0.25) is 0 Å². The average Bonchev–Trinajstić information content (AvgIpc) is 3.16. The zero-order valence-corrected chi connectivity index (χ0v) is 14.3. The van der Waals surface area contributed by atoms with Gasteiger partial charge in [0.25, 0.3) is 0 Å².